The summed E-state index contributed by atoms with van der Waals surface area (Å²) in [4.78, 5) is 19.0. The van der Waals surface area contributed by atoms with Gasteiger partial charge in [0.05, 0.1) is 10.2 Å². The summed E-state index contributed by atoms with van der Waals surface area (Å²) >= 11 is 5.14. The zero-order chi connectivity index (χ0) is 19.9. The number of thioether (sulfide) groups is 2. The number of aromatic nitrogens is 1. The predicted molar refractivity (Wildman–Crippen MR) is 125 cm³/mol. The third kappa shape index (κ3) is 5.52. The average molecular weight is 431 g/mol. The van der Waals surface area contributed by atoms with Gasteiger partial charge in [0.2, 0.25) is 5.91 Å². The first-order chi connectivity index (χ1) is 13.6. The lowest BCUT2D eigenvalue weighted by atomic mass is 10.2. The number of benzene rings is 2. The standard InChI is InChI=1S/C22H26N2OS3/c1-4-17-7-10-19-20(15-17)28-22(24(19)12-14-26-3)23-21(25)11-13-27-18-8-5-16(2)6-9-18/h5-10,15H,4,11-14H2,1-3H3. The van der Waals surface area contributed by atoms with E-state index < -0.39 is 0 Å². The van der Waals surface area contributed by atoms with Gasteiger partial charge in [0.1, 0.15) is 0 Å². The summed E-state index contributed by atoms with van der Waals surface area (Å²) in [7, 11) is 0. The van der Waals surface area contributed by atoms with Crippen LogP contribution in [0.2, 0.25) is 0 Å². The molecule has 3 nitrogen and oxygen atoms in total. The largest absolute Gasteiger partial charge is 0.316 e. The Balaban J connectivity index is 1.76. The first-order valence-electron chi connectivity index (χ1n) is 9.49. The highest BCUT2D eigenvalue weighted by Crippen LogP contribution is 2.21. The van der Waals surface area contributed by atoms with Crippen LogP contribution in [0.1, 0.15) is 24.5 Å². The molecule has 0 unspecified atom stereocenters. The minimum absolute atomic E-state index is 0.0419. The van der Waals surface area contributed by atoms with Crippen molar-refractivity contribution >= 4 is 51.0 Å². The zero-order valence-corrected chi connectivity index (χ0v) is 19.1. The fourth-order valence-electron chi connectivity index (χ4n) is 2.87. The number of aryl methyl sites for hydroxylation is 3. The van der Waals surface area contributed by atoms with Crippen LogP contribution in [0, 0.1) is 6.92 Å². The molecule has 0 aliphatic heterocycles. The number of hydrogen-bond donors (Lipinski definition) is 0. The SMILES string of the molecule is CCc1ccc2c(c1)sc(=NC(=O)CCSc1ccc(C)cc1)n2CCSC. The summed E-state index contributed by atoms with van der Waals surface area (Å²) in [6.45, 7) is 5.12. The van der Waals surface area contributed by atoms with Crippen LogP contribution in [-0.2, 0) is 17.8 Å². The normalized spacial score (nSPS) is 12.0. The van der Waals surface area contributed by atoms with Crippen molar-refractivity contribution in [1.29, 1.82) is 0 Å². The lowest BCUT2D eigenvalue weighted by Crippen LogP contribution is -2.18. The molecule has 28 heavy (non-hydrogen) atoms. The van der Waals surface area contributed by atoms with Crippen LogP contribution in [-0.4, -0.2) is 28.2 Å². The number of rotatable bonds is 8. The molecular formula is C22H26N2OS3. The van der Waals surface area contributed by atoms with Gasteiger partial charge in [-0.15, -0.1) is 11.8 Å². The minimum atomic E-state index is -0.0419. The third-order valence-corrected chi connectivity index (χ3v) is 7.15. The van der Waals surface area contributed by atoms with Crippen LogP contribution in [0.4, 0.5) is 0 Å². The smallest absolute Gasteiger partial charge is 0.249 e. The van der Waals surface area contributed by atoms with E-state index in [1.165, 1.54) is 26.2 Å². The van der Waals surface area contributed by atoms with Crippen LogP contribution in [0.15, 0.2) is 52.4 Å². The van der Waals surface area contributed by atoms with Gasteiger partial charge >= 0.3 is 0 Å². The molecule has 6 heteroatoms. The van der Waals surface area contributed by atoms with Gasteiger partial charge in [0.25, 0.3) is 0 Å². The summed E-state index contributed by atoms with van der Waals surface area (Å²) < 4.78 is 3.40. The quantitative estimate of drug-likeness (QED) is 0.440. The van der Waals surface area contributed by atoms with E-state index >= 15 is 0 Å². The second-order valence-electron chi connectivity index (χ2n) is 6.60. The average Bonchev–Trinajstić information content (AvgIpc) is 3.03. The van der Waals surface area contributed by atoms with Crippen molar-refractivity contribution in [2.24, 2.45) is 4.99 Å². The second kappa shape index (κ2) is 10.3. The predicted octanol–water partition coefficient (Wildman–Crippen LogP) is 5.55. The fraction of sp³-hybridized carbons (Fsp3) is 0.364. The van der Waals surface area contributed by atoms with Crippen LogP contribution in [0.25, 0.3) is 10.2 Å². The topological polar surface area (TPSA) is 34.4 Å². The molecule has 1 aromatic heterocycles. The van der Waals surface area contributed by atoms with Gasteiger partial charge in [0, 0.05) is 29.4 Å². The van der Waals surface area contributed by atoms with Crippen molar-refractivity contribution in [2.75, 3.05) is 17.8 Å². The number of thiazole rings is 1. The van der Waals surface area contributed by atoms with E-state index in [0.717, 1.165) is 29.3 Å². The molecule has 1 amide bonds. The van der Waals surface area contributed by atoms with E-state index in [1.54, 1.807) is 23.1 Å². The Bertz CT molecular complexity index is 1000. The molecule has 3 aromatic rings. The molecule has 0 N–H and O–H groups in total. The Morgan fingerprint density at radius 3 is 2.64 bits per heavy atom. The third-order valence-electron chi connectivity index (χ3n) is 4.50. The van der Waals surface area contributed by atoms with Crippen LogP contribution in [0.5, 0.6) is 0 Å². The number of nitrogens with zero attached hydrogens (tertiary/aromatic N) is 2. The molecule has 0 saturated carbocycles. The number of carbonyl (C=O) groups excluding carboxylic acids is 1. The molecular weight excluding hydrogens is 404 g/mol. The van der Waals surface area contributed by atoms with Gasteiger partial charge in [0.15, 0.2) is 4.80 Å². The minimum Gasteiger partial charge on any atom is -0.316 e. The number of hydrogen-bond acceptors (Lipinski definition) is 4. The molecule has 0 radical (unpaired) electrons. The Kier molecular flexibility index (Phi) is 7.82. The fourth-order valence-corrected chi connectivity index (χ4v) is 5.22. The molecule has 0 saturated heterocycles. The van der Waals surface area contributed by atoms with Gasteiger partial charge in [-0.25, -0.2) is 0 Å². The molecule has 0 bridgehead atoms. The monoisotopic (exact) mass is 430 g/mol. The Morgan fingerprint density at radius 2 is 1.93 bits per heavy atom. The van der Waals surface area contributed by atoms with Crippen LogP contribution < -0.4 is 4.80 Å². The van der Waals surface area contributed by atoms with E-state index in [9.17, 15) is 4.79 Å². The summed E-state index contributed by atoms with van der Waals surface area (Å²) in [6.07, 6.45) is 3.57. The van der Waals surface area contributed by atoms with E-state index in [2.05, 4.69) is 72.1 Å². The van der Waals surface area contributed by atoms with Crippen LogP contribution >= 0.6 is 34.9 Å². The Labute approximate surface area is 179 Å². The zero-order valence-electron chi connectivity index (χ0n) is 16.6. The van der Waals surface area contributed by atoms with E-state index in [4.69, 9.17) is 0 Å². The van der Waals surface area contributed by atoms with Gasteiger partial charge in [-0.3, -0.25) is 4.79 Å². The van der Waals surface area contributed by atoms with E-state index in [0.29, 0.717) is 6.42 Å². The molecule has 0 aliphatic carbocycles. The first kappa shape index (κ1) is 21.2. The van der Waals surface area contributed by atoms with Crippen molar-refractivity contribution in [1.82, 2.24) is 4.57 Å². The number of fused-ring (bicyclic) bond motifs is 1. The molecule has 0 spiro atoms. The van der Waals surface area contributed by atoms with Crippen molar-refractivity contribution in [3.63, 3.8) is 0 Å². The summed E-state index contributed by atoms with van der Waals surface area (Å²) in [5, 5.41) is 0. The molecule has 2 aromatic carbocycles. The summed E-state index contributed by atoms with van der Waals surface area (Å²) in [5.74, 6) is 1.72. The number of amides is 1. The second-order valence-corrected chi connectivity index (χ2v) is 9.76. The van der Waals surface area contributed by atoms with Crippen molar-refractivity contribution < 1.29 is 4.79 Å². The van der Waals surface area contributed by atoms with Gasteiger partial charge < -0.3 is 4.57 Å². The number of carbonyl (C=O) groups is 1. The maximum Gasteiger partial charge on any atom is 0.249 e. The van der Waals surface area contributed by atoms with Gasteiger partial charge in [-0.05, 0) is 49.4 Å². The van der Waals surface area contributed by atoms with Crippen LogP contribution in [0.3, 0.4) is 0 Å². The molecule has 0 aliphatic rings. The van der Waals surface area contributed by atoms with Crippen molar-refractivity contribution in [3.05, 3.63) is 58.4 Å². The Hall–Kier alpha value is -1.50. The molecule has 3 rings (SSSR count). The van der Waals surface area contributed by atoms with Gasteiger partial charge in [-0.2, -0.15) is 16.8 Å². The van der Waals surface area contributed by atoms with Crippen molar-refractivity contribution in [2.45, 2.75) is 38.1 Å². The highest BCUT2D eigenvalue weighted by atomic mass is 32.2. The molecule has 0 atom stereocenters. The van der Waals surface area contributed by atoms with E-state index in [1.807, 2.05) is 11.8 Å². The molecule has 1 heterocycles. The maximum absolute atomic E-state index is 12.5. The van der Waals surface area contributed by atoms with E-state index in [-0.39, 0.29) is 5.91 Å². The van der Waals surface area contributed by atoms with Gasteiger partial charge in [-0.1, -0.05) is 42.0 Å². The first-order valence-corrected chi connectivity index (χ1v) is 12.7. The Morgan fingerprint density at radius 1 is 1.14 bits per heavy atom. The maximum atomic E-state index is 12.5. The lowest BCUT2D eigenvalue weighted by Gasteiger charge is -2.04. The summed E-state index contributed by atoms with van der Waals surface area (Å²) in [6, 6.07) is 15.0. The molecule has 148 valence electrons. The highest BCUT2D eigenvalue weighted by molar-refractivity contribution is 7.99. The highest BCUT2D eigenvalue weighted by Gasteiger charge is 2.09. The summed E-state index contributed by atoms with van der Waals surface area (Å²) in [5.41, 5.74) is 3.75. The lowest BCUT2D eigenvalue weighted by molar-refractivity contribution is -0.117. The molecule has 0 fully saturated rings. The van der Waals surface area contributed by atoms with Crippen molar-refractivity contribution in [3.8, 4) is 0 Å².